The number of thiophene rings is 1. The minimum atomic E-state index is -0.211. The number of rotatable bonds is 8. The van der Waals surface area contributed by atoms with E-state index in [9.17, 15) is 9.59 Å². The highest BCUT2D eigenvalue weighted by Gasteiger charge is 2.23. The van der Waals surface area contributed by atoms with Crippen LogP contribution in [0.15, 0.2) is 36.4 Å². The molecule has 0 radical (unpaired) electrons. The smallest absolute Gasteiger partial charge is 0.265 e. The number of carbonyl (C=O) groups is 2. The van der Waals surface area contributed by atoms with Gasteiger partial charge in [0, 0.05) is 18.0 Å². The molecule has 0 unspecified atom stereocenters. The van der Waals surface area contributed by atoms with Crippen LogP contribution in [0.4, 0.5) is 0 Å². The summed E-state index contributed by atoms with van der Waals surface area (Å²) in [5.41, 5.74) is 6.49. The Bertz CT molecular complexity index is 806. The van der Waals surface area contributed by atoms with Gasteiger partial charge < -0.3 is 20.7 Å². The maximum Gasteiger partial charge on any atom is 0.265 e. The zero-order valence-electron chi connectivity index (χ0n) is 16.1. The minimum Gasteiger partial charge on any atom is -0.495 e. The van der Waals surface area contributed by atoms with Crippen molar-refractivity contribution in [2.24, 2.45) is 11.7 Å². The third-order valence-electron chi connectivity index (χ3n) is 5.03. The van der Waals surface area contributed by atoms with Gasteiger partial charge in [0.25, 0.3) is 5.91 Å². The molecule has 28 heavy (non-hydrogen) atoms. The molecule has 3 rings (SSSR count). The Balaban J connectivity index is 1.51. The van der Waals surface area contributed by atoms with Crippen LogP contribution in [0.1, 0.15) is 28.9 Å². The number of hydrogen-bond donors (Lipinski definition) is 2. The fourth-order valence-corrected chi connectivity index (χ4v) is 4.55. The SMILES string of the molecule is COc1cc(-c2ccccc2)sc1C(=O)NCCCN1CCC[C@@H](C(N)=O)C1. The molecule has 2 amide bonds. The van der Waals surface area contributed by atoms with E-state index in [1.54, 1.807) is 7.11 Å². The number of benzene rings is 1. The van der Waals surface area contributed by atoms with Crippen molar-refractivity contribution in [2.75, 3.05) is 33.3 Å². The number of carbonyl (C=O) groups excluding carboxylic acids is 2. The van der Waals surface area contributed by atoms with E-state index in [2.05, 4.69) is 10.2 Å². The maximum atomic E-state index is 12.6. The van der Waals surface area contributed by atoms with Crippen LogP contribution in [-0.4, -0.2) is 50.0 Å². The molecule has 7 heteroatoms. The van der Waals surface area contributed by atoms with Crippen LogP contribution in [-0.2, 0) is 4.79 Å². The summed E-state index contributed by atoms with van der Waals surface area (Å²) >= 11 is 1.44. The topological polar surface area (TPSA) is 84.7 Å². The molecule has 0 spiro atoms. The van der Waals surface area contributed by atoms with Crippen LogP contribution in [0.25, 0.3) is 10.4 Å². The number of primary amides is 1. The van der Waals surface area contributed by atoms with Gasteiger partial charge in [-0.25, -0.2) is 0 Å². The Labute approximate surface area is 169 Å². The molecule has 150 valence electrons. The molecule has 6 nitrogen and oxygen atoms in total. The normalized spacial score (nSPS) is 17.2. The summed E-state index contributed by atoms with van der Waals surface area (Å²) in [5, 5.41) is 2.99. The number of piperidine rings is 1. The van der Waals surface area contributed by atoms with Gasteiger partial charge in [0.1, 0.15) is 10.6 Å². The number of hydrogen-bond acceptors (Lipinski definition) is 5. The summed E-state index contributed by atoms with van der Waals surface area (Å²) in [4.78, 5) is 27.8. The van der Waals surface area contributed by atoms with Crippen molar-refractivity contribution in [1.82, 2.24) is 10.2 Å². The van der Waals surface area contributed by atoms with E-state index in [1.165, 1.54) is 11.3 Å². The number of amides is 2. The lowest BCUT2D eigenvalue weighted by atomic mass is 9.97. The van der Waals surface area contributed by atoms with Crippen molar-refractivity contribution >= 4 is 23.2 Å². The van der Waals surface area contributed by atoms with Gasteiger partial charge >= 0.3 is 0 Å². The van der Waals surface area contributed by atoms with Gasteiger partial charge in [0.15, 0.2) is 0 Å². The monoisotopic (exact) mass is 401 g/mol. The average Bonchev–Trinajstić information content (AvgIpc) is 3.16. The molecule has 1 aliphatic rings. The average molecular weight is 402 g/mol. The zero-order valence-corrected chi connectivity index (χ0v) is 17.0. The van der Waals surface area contributed by atoms with Gasteiger partial charge in [-0.05, 0) is 44.0 Å². The van der Waals surface area contributed by atoms with E-state index in [4.69, 9.17) is 10.5 Å². The number of nitrogens with zero attached hydrogens (tertiary/aromatic N) is 1. The highest BCUT2D eigenvalue weighted by Crippen LogP contribution is 2.36. The summed E-state index contributed by atoms with van der Waals surface area (Å²) in [5.74, 6) is 0.228. The van der Waals surface area contributed by atoms with Crippen molar-refractivity contribution < 1.29 is 14.3 Å². The van der Waals surface area contributed by atoms with Crippen molar-refractivity contribution in [3.05, 3.63) is 41.3 Å². The molecular formula is C21H27N3O3S. The molecule has 1 fully saturated rings. The molecule has 2 aromatic rings. The lowest BCUT2D eigenvalue weighted by molar-refractivity contribution is -0.123. The van der Waals surface area contributed by atoms with Crippen LogP contribution in [0.2, 0.25) is 0 Å². The Morgan fingerprint density at radius 2 is 2.11 bits per heavy atom. The quantitative estimate of drug-likeness (QED) is 0.666. The largest absolute Gasteiger partial charge is 0.495 e. The van der Waals surface area contributed by atoms with Crippen molar-refractivity contribution in [3.63, 3.8) is 0 Å². The second kappa shape index (κ2) is 9.71. The Morgan fingerprint density at radius 1 is 1.32 bits per heavy atom. The third-order valence-corrected chi connectivity index (χ3v) is 6.19. The van der Waals surface area contributed by atoms with E-state index in [0.717, 1.165) is 49.3 Å². The van der Waals surface area contributed by atoms with E-state index in [1.807, 2.05) is 36.4 Å². The third kappa shape index (κ3) is 5.11. The first kappa shape index (κ1) is 20.4. The minimum absolute atomic E-state index is 0.0462. The van der Waals surface area contributed by atoms with Crippen LogP contribution >= 0.6 is 11.3 Å². The van der Waals surface area contributed by atoms with E-state index in [0.29, 0.717) is 17.2 Å². The van der Waals surface area contributed by atoms with Crippen LogP contribution < -0.4 is 15.8 Å². The number of likely N-dealkylation sites (tertiary alicyclic amines) is 1. The molecule has 1 saturated heterocycles. The number of ether oxygens (including phenoxy) is 1. The van der Waals surface area contributed by atoms with Gasteiger partial charge in [0.2, 0.25) is 5.91 Å². The highest BCUT2D eigenvalue weighted by atomic mass is 32.1. The van der Waals surface area contributed by atoms with Gasteiger partial charge in [-0.3, -0.25) is 9.59 Å². The molecule has 1 aromatic carbocycles. The molecule has 1 aliphatic heterocycles. The summed E-state index contributed by atoms with van der Waals surface area (Å²) in [7, 11) is 1.58. The first-order valence-corrected chi connectivity index (χ1v) is 10.4. The van der Waals surface area contributed by atoms with E-state index < -0.39 is 0 Å². The van der Waals surface area contributed by atoms with Crippen molar-refractivity contribution in [2.45, 2.75) is 19.3 Å². The Kier molecular flexibility index (Phi) is 7.06. The molecule has 0 saturated carbocycles. The predicted molar refractivity (Wildman–Crippen MR) is 112 cm³/mol. The Morgan fingerprint density at radius 3 is 2.82 bits per heavy atom. The molecular weight excluding hydrogens is 374 g/mol. The van der Waals surface area contributed by atoms with E-state index >= 15 is 0 Å². The number of nitrogens with one attached hydrogen (secondary N) is 1. The lowest BCUT2D eigenvalue weighted by Crippen LogP contribution is -2.42. The second-order valence-electron chi connectivity index (χ2n) is 7.03. The summed E-state index contributed by atoms with van der Waals surface area (Å²) in [6.07, 6.45) is 2.70. The van der Waals surface area contributed by atoms with Gasteiger partial charge in [-0.1, -0.05) is 30.3 Å². The van der Waals surface area contributed by atoms with Gasteiger partial charge in [-0.2, -0.15) is 0 Å². The standard InChI is InChI=1S/C21H27N3O3S/c1-27-17-13-18(15-7-3-2-4-8-15)28-19(17)21(26)23-10-6-12-24-11-5-9-16(14-24)20(22)25/h2-4,7-8,13,16H,5-6,9-12,14H2,1H3,(H2,22,25)(H,23,26)/t16-/m1/s1. The fourth-order valence-electron chi connectivity index (χ4n) is 3.50. The predicted octanol–water partition coefficient (Wildman–Crippen LogP) is 2.74. The van der Waals surface area contributed by atoms with Gasteiger partial charge in [0.05, 0.1) is 13.0 Å². The Hall–Kier alpha value is -2.38. The van der Waals surface area contributed by atoms with E-state index in [-0.39, 0.29) is 17.7 Å². The maximum absolute atomic E-state index is 12.6. The number of methoxy groups -OCH3 is 1. The molecule has 1 atom stereocenters. The lowest BCUT2D eigenvalue weighted by Gasteiger charge is -2.31. The van der Waals surface area contributed by atoms with Crippen molar-refractivity contribution in [1.29, 1.82) is 0 Å². The summed E-state index contributed by atoms with van der Waals surface area (Å²) in [6.45, 7) is 3.14. The molecule has 2 heterocycles. The second-order valence-corrected chi connectivity index (χ2v) is 8.08. The summed E-state index contributed by atoms with van der Waals surface area (Å²) < 4.78 is 5.40. The molecule has 0 aliphatic carbocycles. The zero-order chi connectivity index (χ0) is 19.9. The van der Waals surface area contributed by atoms with Crippen LogP contribution in [0.5, 0.6) is 5.75 Å². The molecule has 0 bridgehead atoms. The van der Waals surface area contributed by atoms with Crippen LogP contribution in [0.3, 0.4) is 0 Å². The van der Waals surface area contributed by atoms with Crippen molar-refractivity contribution in [3.8, 4) is 16.2 Å². The molecule has 3 N–H and O–H groups in total. The number of nitrogens with two attached hydrogens (primary N) is 1. The molecule has 1 aromatic heterocycles. The first-order valence-electron chi connectivity index (χ1n) is 9.61. The highest BCUT2D eigenvalue weighted by molar-refractivity contribution is 7.17. The first-order chi connectivity index (χ1) is 13.6. The fraction of sp³-hybridized carbons (Fsp3) is 0.429. The van der Waals surface area contributed by atoms with Gasteiger partial charge in [-0.15, -0.1) is 11.3 Å². The summed E-state index contributed by atoms with van der Waals surface area (Å²) in [6, 6.07) is 11.9. The van der Waals surface area contributed by atoms with Crippen LogP contribution in [0, 0.1) is 5.92 Å².